The van der Waals surface area contributed by atoms with Gasteiger partial charge in [-0.05, 0) is 30.5 Å². The second-order valence-electron chi connectivity index (χ2n) is 7.30. The highest BCUT2D eigenvalue weighted by Gasteiger charge is 2.30. The largest absolute Gasteiger partial charge is 0.465 e. The van der Waals surface area contributed by atoms with Crippen molar-refractivity contribution in [1.29, 1.82) is 0 Å². The summed E-state index contributed by atoms with van der Waals surface area (Å²) in [7, 11) is 1.35. The van der Waals surface area contributed by atoms with E-state index in [0.29, 0.717) is 22.9 Å². The third-order valence-electron chi connectivity index (χ3n) is 5.45. The van der Waals surface area contributed by atoms with Crippen LogP contribution in [0.3, 0.4) is 0 Å². The minimum atomic E-state index is -0.418. The molecule has 0 aromatic heterocycles. The molecule has 2 aromatic rings. The van der Waals surface area contributed by atoms with Crippen molar-refractivity contribution in [2.75, 3.05) is 12.4 Å². The Labute approximate surface area is 164 Å². The summed E-state index contributed by atoms with van der Waals surface area (Å²) in [5.41, 5.74) is 4.34. The van der Waals surface area contributed by atoms with E-state index in [-0.39, 0.29) is 5.91 Å². The van der Waals surface area contributed by atoms with Gasteiger partial charge >= 0.3 is 5.97 Å². The highest BCUT2D eigenvalue weighted by molar-refractivity contribution is 6.36. The third kappa shape index (κ3) is 3.52. The topological polar surface area (TPSA) is 67.4 Å². The first-order valence-corrected chi connectivity index (χ1v) is 9.77. The number of carbonyl (C=O) groups is 2. The van der Waals surface area contributed by atoms with Gasteiger partial charge in [0.2, 0.25) is 0 Å². The molecule has 2 N–H and O–H groups in total. The van der Waals surface area contributed by atoms with Crippen molar-refractivity contribution in [3.8, 4) is 0 Å². The summed E-state index contributed by atoms with van der Waals surface area (Å²) in [5, 5.41) is 6.57. The molecule has 1 amide bonds. The smallest absolute Gasteiger partial charge is 0.337 e. The fraction of sp³-hybridized carbons (Fsp3) is 0.304. The number of benzene rings is 2. The van der Waals surface area contributed by atoms with Gasteiger partial charge in [-0.15, -0.1) is 0 Å². The van der Waals surface area contributed by atoms with Crippen LogP contribution in [-0.2, 0) is 9.53 Å². The Kier molecular flexibility index (Phi) is 5.15. The van der Waals surface area contributed by atoms with Crippen LogP contribution in [0.15, 0.2) is 48.5 Å². The van der Waals surface area contributed by atoms with Crippen LogP contribution in [0.2, 0.25) is 0 Å². The normalized spacial score (nSPS) is 18.2. The number of fused-ring (bicyclic) bond motifs is 1. The molecule has 5 heteroatoms. The number of nitrogens with one attached hydrogen (secondary N) is 2. The molecule has 4 rings (SSSR count). The SMILES string of the molecule is COC(=O)c1ccc2c(c1)NC(=O)/C2=C(\NC1CCCCC1)c1ccccc1. The van der Waals surface area contributed by atoms with E-state index in [1.165, 1.54) is 26.4 Å². The Bertz CT molecular complexity index is 928. The summed E-state index contributed by atoms with van der Waals surface area (Å²) in [6.07, 6.45) is 5.91. The Morgan fingerprint density at radius 2 is 1.79 bits per heavy atom. The van der Waals surface area contributed by atoms with Crippen molar-refractivity contribution in [3.63, 3.8) is 0 Å². The van der Waals surface area contributed by atoms with Gasteiger partial charge in [-0.1, -0.05) is 55.7 Å². The third-order valence-corrected chi connectivity index (χ3v) is 5.45. The molecule has 0 spiro atoms. The number of ether oxygens (including phenoxy) is 1. The van der Waals surface area contributed by atoms with Crippen molar-refractivity contribution < 1.29 is 14.3 Å². The molecule has 1 aliphatic heterocycles. The lowest BCUT2D eigenvalue weighted by molar-refractivity contribution is -0.110. The van der Waals surface area contributed by atoms with Gasteiger partial charge in [-0.2, -0.15) is 0 Å². The molecule has 0 bridgehead atoms. The Hall–Kier alpha value is -3.08. The van der Waals surface area contributed by atoms with Crippen LogP contribution in [-0.4, -0.2) is 25.0 Å². The van der Waals surface area contributed by atoms with E-state index in [9.17, 15) is 9.59 Å². The molecule has 28 heavy (non-hydrogen) atoms. The van der Waals surface area contributed by atoms with E-state index in [1.807, 2.05) is 36.4 Å². The first kappa shape index (κ1) is 18.3. The highest BCUT2D eigenvalue weighted by Crippen LogP contribution is 2.37. The maximum atomic E-state index is 12.9. The van der Waals surface area contributed by atoms with Crippen LogP contribution < -0.4 is 10.6 Å². The second kappa shape index (κ2) is 7.89. The molecule has 1 fully saturated rings. The first-order chi connectivity index (χ1) is 13.7. The van der Waals surface area contributed by atoms with E-state index >= 15 is 0 Å². The summed E-state index contributed by atoms with van der Waals surface area (Å²) < 4.78 is 4.79. The second-order valence-corrected chi connectivity index (χ2v) is 7.30. The number of hydrogen-bond acceptors (Lipinski definition) is 4. The molecular formula is C23H24N2O3. The lowest BCUT2D eigenvalue weighted by atomic mass is 9.93. The minimum absolute atomic E-state index is 0.154. The summed E-state index contributed by atoms with van der Waals surface area (Å²) in [6, 6.07) is 15.5. The summed E-state index contributed by atoms with van der Waals surface area (Å²) >= 11 is 0. The Balaban J connectivity index is 1.80. The molecule has 1 heterocycles. The average Bonchev–Trinajstić information content (AvgIpc) is 3.07. The number of rotatable bonds is 4. The number of esters is 1. The predicted molar refractivity (Wildman–Crippen MR) is 110 cm³/mol. The van der Waals surface area contributed by atoms with E-state index in [1.54, 1.807) is 12.1 Å². The van der Waals surface area contributed by atoms with Crippen LogP contribution >= 0.6 is 0 Å². The molecule has 2 aliphatic rings. The number of methoxy groups -OCH3 is 1. The van der Waals surface area contributed by atoms with Gasteiger partial charge in [0, 0.05) is 11.6 Å². The molecule has 0 radical (unpaired) electrons. The van der Waals surface area contributed by atoms with Crippen molar-refractivity contribution in [1.82, 2.24) is 5.32 Å². The molecule has 0 unspecified atom stereocenters. The van der Waals surface area contributed by atoms with Gasteiger partial charge in [0.1, 0.15) is 0 Å². The monoisotopic (exact) mass is 376 g/mol. The first-order valence-electron chi connectivity index (χ1n) is 9.77. The fourth-order valence-corrected chi connectivity index (χ4v) is 4.02. The van der Waals surface area contributed by atoms with Crippen molar-refractivity contribution in [3.05, 3.63) is 65.2 Å². The molecule has 1 saturated carbocycles. The van der Waals surface area contributed by atoms with E-state index in [4.69, 9.17) is 4.74 Å². The molecule has 144 valence electrons. The number of hydrogen-bond donors (Lipinski definition) is 2. The number of anilines is 1. The lowest BCUT2D eigenvalue weighted by Gasteiger charge is -2.26. The lowest BCUT2D eigenvalue weighted by Crippen LogP contribution is -2.31. The highest BCUT2D eigenvalue weighted by atomic mass is 16.5. The molecule has 0 atom stereocenters. The van der Waals surface area contributed by atoms with Crippen molar-refractivity contribution >= 4 is 28.8 Å². The van der Waals surface area contributed by atoms with Crippen LogP contribution in [0.5, 0.6) is 0 Å². The zero-order valence-electron chi connectivity index (χ0n) is 16.0. The van der Waals surface area contributed by atoms with Crippen LogP contribution in [0, 0.1) is 0 Å². The van der Waals surface area contributed by atoms with E-state index in [0.717, 1.165) is 29.7 Å². The number of carbonyl (C=O) groups excluding carboxylic acids is 2. The van der Waals surface area contributed by atoms with Crippen molar-refractivity contribution in [2.24, 2.45) is 0 Å². The maximum Gasteiger partial charge on any atom is 0.337 e. The van der Waals surface area contributed by atoms with Gasteiger partial charge < -0.3 is 15.4 Å². The quantitative estimate of drug-likeness (QED) is 0.619. The van der Waals surface area contributed by atoms with Gasteiger partial charge in [0.15, 0.2) is 0 Å². The summed E-state index contributed by atoms with van der Waals surface area (Å²) in [4.78, 5) is 24.7. The Morgan fingerprint density at radius 3 is 2.50 bits per heavy atom. The van der Waals surface area contributed by atoms with Crippen molar-refractivity contribution in [2.45, 2.75) is 38.1 Å². The molecule has 1 aliphatic carbocycles. The maximum absolute atomic E-state index is 12.9. The van der Waals surface area contributed by atoms with Gasteiger partial charge in [-0.3, -0.25) is 4.79 Å². The van der Waals surface area contributed by atoms with Gasteiger partial charge in [0.25, 0.3) is 5.91 Å². The summed E-state index contributed by atoms with van der Waals surface area (Å²) in [5.74, 6) is -0.572. The minimum Gasteiger partial charge on any atom is -0.465 e. The zero-order chi connectivity index (χ0) is 19.5. The van der Waals surface area contributed by atoms with E-state index < -0.39 is 5.97 Å². The van der Waals surface area contributed by atoms with Crippen LogP contribution in [0.1, 0.15) is 53.6 Å². The zero-order valence-corrected chi connectivity index (χ0v) is 16.0. The molecular weight excluding hydrogens is 352 g/mol. The van der Waals surface area contributed by atoms with Gasteiger partial charge in [0.05, 0.1) is 29.6 Å². The summed E-state index contributed by atoms with van der Waals surface area (Å²) in [6.45, 7) is 0. The predicted octanol–water partition coefficient (Wildman–Crippen LogP) is 4.22. The fourth-order valence-electron chi connectivity index (χ4n) is 4.02. The Morgan fingerprint density at radius 1 is 1.04 bits per heavy atom. The molecule has 0 saturated heterocycles. The van der Waals surface area contributed by atoms with E-state index in [2.05, 4.69) is 10.6 Å². The van der Waals surface area contributed by atoms with Crippen LogP contribution in [0.4, 0.5) is 5.69 Å². The van der Waals surface area contributed by atoms with Crippen LogP contribution in [0.25, 0.3) is 11.3 Å². The number of amides is 1. The molecule has 2 aromatic carbocycles. The molecule has 5 nitrogen and oxygen atoms in total. The average molecular weight is 376 g/mol. The van der Waals surface area contributed by atoms with Gasteiger partial charge in [-0.25, -0.2) is 4.79 Å². The standard InChI is InChI=1S/C23H24N2O3/c1-28-23(27)16-12-13-18-19(14-16)25-22(26)20(18)21(15-8-4-2-5-9-15)24-17-10-6-3-7-11-17/h2,4-5,8-9,12-14,17,24H,3,6-7,10-11H2,1H3,(H,25,26)/b21-20-.